The Bertz CT molecular complexity index is 678. The van der Waals surface area contributed by atoms with Gasteiger partial charge in [0.05, 0.1) is 16.1 Å². The number of imidazole rings is 1. The van der Waals surface area contributed by atoms with Crippen molar-refractivity contribution in [2.24, 2.45) is 5.14 Å². The summed E-state index contributed by atoms with van der Waals surface area (Å²) < 4.78 is 22.6. The highest BCUT2D eigenvalue weighted by molar-refractivity contribution is 7.89. The van der Waals surface area contributed by atoms with Crippen LogP contribution in [0.4, 0.5) is 5.95 Å². The summed E-state index contributed by atoms with van der Waals surface area (Å²) in [6.07, 6.45) is 0. The van der Waals surface area contributed by atoms with E-state index in [1.807, 2.05) is 14.1 Å². The van der Waals surface area contributed by atoms with Gasteiger partial charge in [0, 0.05) is 14.1 Å². The van der Waals surface area contributed by atoms with Gasteiger partial charge in [-0.05, 0) is 12.1 Å². The SMILES string of the molecule is CN(C)c1nc2cc(Cl)c(S(N)(=O)=O)cc2[nH]1. The molecule has 0 fully saturated rings. The number of primary sulfonamides is 1. The number of hydrogen-bond acceptors (Lipinski definition) is 4. The van der Waals surface area contributed by atoms with Gasteiger partial charge < -0.3 is 9.88 Å². The van der Waals surface area contributed by atoms with Gasteiger partial charge >= 0.3 is 0 Å². The first-order valence-electron chi connectivity index (χ1n) is 4.68. The third-order valence-corrected chi connectivity index (χ3v) is 3.63. The van der Waals surface area contributed by atoms with Crippen LogP contribution in [0.1, 0.15) is 0 Å². The number of aromatic amines is 1. The maximum Gasteiger partial charge on any atom is 0.239 e. The Kier molecular flexibility index (Phi) is 2.76. The lowest BCUT2D eigenvalue weighted by atomic mass is 10.3. The number of fused-ring (bicyclic) bond motifs is 1. The summed E-state index contributed by atoms with van der Waals surface area (Å²) in [5.41, 5.74) is 1.16. The van der Waals surface area contributed by atoms with Crippen LogP contribution >= 0.6 is 11.6 Å². The molecule has 0 unspecified atom stereocenters. The molecule has 1 heterocycles. The van der Waals surface area contributed by atoms with Crippen molar-refractivity contribution in [2.45, 2.75) is 4.90 Å². The number of halogens is 1. The van der Waals surface area contributed by atoms with Gasteiger partial charge in [-0.15, -0.1) is 0 Å². The van der Waals surface area contributed by atoms with E-state index < -0.39 is 10.0 Å². The summed E-state index contributed by atoms with van der Waals surface area (Å²) in [7, 11) is -0.191. The van der Waals surface area contributed by atoms with E-state index in [1.165, 1.54) is 12.1 Å². The first-order valence-corrected chi connectivity index (χ1v) is 6.61. The number of aromatic nitrogens is 2. The van der Waals surface area contributed by atoms with Gasteiger partial charge in [0.2, 0.25) is 16.0 Å². The largest absolute Gasteiger partial charge is 0.349 e. The Morgan fingerprint density at radius 2 is 2.06 bits per heavy atom. The lowest BCUT2D eigenvalue weighted by Crippen LogP contribution is -2.12. The van der Waals surface area contributed by atoms with Crippen LogP contribution in [0.2, 0.25) is 5.02 Å². The normalized spacial score (nSPS) is 12.0. The second kappa shape index (κ2) is 3.86. The summed E-state index contributed by atoms with van der Waals surface area (Å²) in [6, 6.07) is 2.85. The number of H-pyrrole nitrogens is 1. The average molecular weight is 275 g/mol. The number of sulfonamides is 1. The average Bonchev–Trinajstić information content (AvgIpc) is 2.57. The highest BCUT2D eigenvalue weighted by Gasteiger charge is 2.16. The van der Waals surface area contributed by atoms with Crippen LogP contribution in [-0.4, -0.2) is 32.5 Å². The molecule has 1 aromatic carbocycles. The zero-order valence-corrected chi connectivity index (χ0v) is 10.8. The molecule has 3 N–H and O–H groups in total. The Labute approximate surface area is 103 Å². The minimum absolute atomic E-state index is 0.0665. The predicted octanol–water partition coefficient (Wildman–Crippen LogP) is 0.930. The highest BCUT2D eigenvalue weighted by Crippen LogP contribution is 2.26. The predicted molar refractivity (Wildman–Crippen MR) is 66.8 cm³/mol. The van der Waals surface area contributed by atoms with Crippen molar-refractivity contribution in [3.63, 3.8) is 0 Å². The van der Waals surface area contributed by atoms with Crippen LogP contribution in [0.15, 0.2) is 17.0 Å². The van der Waals surface area contributed by atoms with Crippen molar-refractivity contribution in [3.8, 4) is 0 Å². The van der Waals surface area contributed by atoms with Gasteiger partial charge in [-0.1, -0.05) is 11.6 Å². The number of benzene rings is 1. The molecule has 8 heteroatoms. The summed E-state index contributed by atoms with van der Waals surface area (Å²) in [6.45, 7) is 0. The van der Waals surface area contributed by atoms with Gasteiger partial charge in [-0.3, -0.25) is 0 Å². The monoisotopic (exact) mass is 274 g/mol. The van der Waals surface area contributed by atoms with Crippen LogP contribution < -0.4 is 10.0 Å². The van der Waals surface area contributed by atoms with Gasteiger partial charge in [0.25, 0.3) is 0 Å². The van der Waals surface area contributed by atoms with Crippen molar-refractivity contribution in [1.29, 1.82) is 0 Å². The molecule has 0 radical (unpaired) electrons. The van der Waals surface area contributed by atoms with Crippen LogP contribution in [0, 0.1) is 0 Å². The molecule has 17 heavy (non-hydrogen) atoms. The minimum atomic E-state index is -3.83. The van der Waals surface area contributed by atoms with Crippen molar-refractivity contribution in [2.75, 3.05) is 19.0 Å². The quantitative estimate of drug-likeness (QED) is 0.852. The fourth-order valence-corrected chi connectivity index (χ4v) is 2.52. The Morgan fingerprint density at radius 3 is 2.59 bits per heavy atom. The molecule has 0 saturated carbocycles. The van der Waals surface area contributed by atoms with E-state index in [0.717, 1.165) is 0 Å². The van der Waals surface area contributed by atoms with Crippen molar-refractivity contribution in [3.05, 3.63) is 17.2 Å². The highest BCUT2D eigenvalue weighted by atomic mass is 35.5. The van der Waals surface area contributed by atoms with E-state index in [1.54, 1.807) is 4.90 Å². The van der Waals surface area contributed by atoms with Crippen LogP contribution in [-0.2, 0) is 10.0 Å². The van der Waals surface area contributed by atoms with E-state index in [9.17, 15) is 8.42 Å². The molecular weight excluding hydrogens is 264 g/mol. The lowest BCUT2D eigenvalue weighted by molar-refractivity contribution is 0.598. The topological polar surface area (TPSA) is 92.1 Å². The molecule has 0 atom stereocenters. The summed E-state index contributed by atoms with van der Waals surface area (Å²) in [4.78, 5) is 8.88. The van der Waals surface area contributed by atoms with Crippen LogP contribution in [0.3, 0.4) is 0 Å². The number of anilines is 1. The third kappa shape index (κ3) is 2.21. The summed E-state index contributed by atoms with van der Waals surface area (Å²) in [5.74, 6) is 0.614. The number of nitrogens with one attached hydrogen (secondary N) is 1. The first kappa shape index (κ1) is 12.2. The molecular formula is C9H11ClN4O2S. The molecule has 0 amide bonds. The smallest absolute Gasteiger partial charge is 0.239 e. The van der Waals surface area contributed by atoms with E-state index in [-0.39, 0.29) is 9.92 Å². The Balaban J connectivity index is 2.72. The molecule has 0 bridgehead atoms. The summed E-state index contributed by atoms with van der Waals surface area (Å²) >= 11 is 5.85. The second-order valence-electron chi connectivity index (χ2n) is 3.80. The molecule has 2 aromatic rings. The lowest BCUT2D eigenvalue weighted by Gasteiger charge is -2.05. The van der Waals surface area contributed by atoms with Gasteiger partial charge in [0.1, 0.15) is 4.90 Å². The van der Waals surface area contributed by atoms with Gasteiger partial charge in [-0.2, -0.15) is 0 Å². The molecule has 1 aromatic heterocycles. The number of rotatable bonds is 2. The number of nitrogens with zero attached hydrogens (tertiary/aromatic N) is 2. The maximum atomic E-state index is 11.3. The van der Waals surface area contributed by atoms with Crippen molar-refractivity contribution >= 4 is 38.6 Å². The number of hydrogen-bond donors (Lipinski definition) is 2. The fourth-order valence-electron chi connectivity index (χ4n) is 1.43. The first-order chi connectivity index (χ1) is 7.79. The second-order valence-corrected chi connectivity index (χ2v) is 5.74. The number of nitrogens with two attached hydrogens (primary N) is 1. The zero-order valence-electron chi connectivity index (χ0n) is 9.23. The van der Waals surface area contributed by atoms with Crippen LogP contribution in [0.25, 0.3) is 11.0 Å². The Hall–Kier alpha value is -1.31. The Morgan fingerprint density at radius 1 is 1.41 bits per heavy atom. The van der Waals surface area contributed by atoms with E-state index >= 15 is 0 Å². The molecule has 92 valence electrons. The molecule has 0 saturated heterocycles. The molecule has 0 aliphatic heterocycles. The molecule has 2 rings (SSSR count). The summed E-state index contributed by atoms with van der Waals surface area (Å²) in [5, 5.41) is 5.12. The van der Waals surface area contributed by atoms with Gasteiger partial charge in [-0.25, -0.2) is 18.5 Å². The van der Waals surface area contributed by atoms with Crippen molar-refractivity contribution in [1.82, 2.24) is 9.97 Å². The fraction of sp³-hybridized carbons (Fsp3) is 0.222. The molecule has 0 spiro atoms. The van der Waals surface area contributed by atoms with E-state index in [2.05, 4.69) is 9.97 Å². The van der Waals surface area contributed by atoms with E-state index in [4.69, 9.17) is 16.7 Å². The van der Waals surface area contributed by atoms with Gasteiger partial charge in [0.15, 0.2) is 0 Å². The molecule has 0 aliphatic carbocycles. The molecule has 6 nitrogen and oxygen atoms in total. The van der Waals surface area contributed by atoms with Crippen LogP contribution in [0.5, 0.6) is 0 Å². The zero-order chi connectivity index (χ0) is 12.8. The van der Waals surface area contributed by atoms with E-state index in [0.29, 0.717) is 17.0 Å². The minimum Gasteiger partial charge on any atom is -0.349 e. The maximum absolute atomic E-state index is 11.3. The van der Waals surface area contributed by atoms with Crippen molar-refractivity contribution < 1.29 is 8.42 Å². The third-order valence-electron chi connectivity index (χ3n) is 2.25. The molecule has 0 aliphatic rings. The standard InChI is InChI=1S/C9H11ClN4O2S/c1-14(2)9-12-6-3-5(10)8(17(11,15)16)4-7(6)13-9/h3-4H,1-2H3,(H,12,13)(H2,11,15,16).